The van der Waals surface area contributed by atoms with Crippen LogP contribution in [0.4, 0.5) is 19.0 Å². The van der Waals surface area contributed by atoms with Crippen LogP contribution >= 0.6 is 0 Å². The predicted molar refractivity (Wildman–Crippen MR) is 54.1 cm³/mol. The number of H-pyrrole nitrogens is 1. The number of halogens is 3. The Balaban J connectivity index is 2.25. The van der Waals surface area contributed by atoms with Crippen molar-refractivity contribution in [3.63, 3.8) is 0 Å². The van der Waals surface area contributed by atoms with E-state index in [1.54, 1.807) is 6.07 Å². The maximum atomic E-state index is 12.1. The van der Waals surface area contributed by atoms with E-state index in [1.807, 2.05) is 0 Å². The number of aliphatic hydroxyl groups excluding tert-OH is 1. The van der Waals surface area contributed by atoms with Crippen LogP contribution in [0.15, 0.2) is 12.1 Å². The van der Waals surface area contributed by atoms with Crippen molar-refractivity contribution in [2.45, 2.75) is 18.7 Å². The Morgan fingerprint density at radius 1 is 1.35 bits per heavy atom. The monoisotopic (exact) mass is 246 g/mol. The minimum Gasteiger partial charge on any atom is -0.384 e. The van der Waals surface area contributed by atoms with Gasteiger partial charge < -0.3 is 15.8 Å². The molecular formula is C9H9F3N4O. The second-order valence-electron chi connectivity index (χ2n) is 3.55. The molecule has 0 fully saturated rings. The van der Waals surface area contributed by atoms with Gasteiger partial charge in [0.1, 0.15) is 11.6 Å². The number of nitrogen functional groups attached to an aromatic ring is 1. The molecule has 2 heterocycles. The topological polar surface area (TPSA) is 87.8 Å². The van der Waals surface area contributed by atoms with Crippen molar-refractivity contribution in [2.24, 2.45) is 0 Å². The normalized spacial score (nSPS) is 14.1. The van der Waals surface area contributed by atoms with E-state index < -0.39 is 18.7 Å². The number of anilines is 1. The third-order valence-electron chi connectivity index (χ3n) is 2.18. The van der Waals surface area contributed by atoms with Crippen LogP contribution in [0, 0.1) is 0 Å². The highest BCUT2D eigenvalue weighted by Crippen LogP contribution is 2.22. The van der Waals surface area contributed by atoms with Crippen LogP contribution in [0.1, 0.15) is 5.82 Å². The minimum atomic E-state index is -4.66. The summed E-state index contributed by atoms with van der Waals surface area (Å²) in [6.45, 7) is 0. The molecule has 1 atom stereocenters. The standard InChI is InChI=1S/C9H9F3N4O/c10-9(11,12)5(17)3-7-14-4-1-2-6(13)15-8(4)16-7/h1-2,5,17H,3H2,(H3,13,14,15,16). The largest absolute Gasteiger partial charge is 0.414 e. The van der Waals surface area contributed by atoms with E-state index in [9.17, 15) is 13.2 Å². The van der Waals surface area contributed by atoms with Crippen LogP contribution in [-0.2, 0) is 6.42 Å². The number of rotatable bonds is 2. The molecule has 5 nitrogen and oxygen atoms in total. The van der Waals surface area contributed by atoms with Crippen molar-refractivity contribution in [3.8, 4) is 0 Å². The first-order valence-electron chi connectivity index (χ1n) is 4.72. The predicted octanol–water partition coefficient (Wildman–Crippen LogP) is 1.01. The quantitative estimate of drug-likeness (QED) is 0.737. The van der Waals surface area contributed by atoms with Gasteiger partial charge in [-0.15, -0.1) is 0 Å². The SMILES string of the molecule is Nc1ccc2[nH]c(CC(O)C(F)(F)F)nc2n1. The Bertz CT molecular complexity index is 537. The van der Waals surface area contributed by atoms with Gasteiger partial charge in [-0.25, -0.2) is 9.97 Å². The van der Waals surface area contributed by atoms with Crippen LogP contribution < -0.4 is 5.73 Å². The zero-order valence-corrected chi connectivity index (χ0v) is 8.49. The lowest BCUT2D eigenvalue weighted by atomic mass is 10.2. The second kappa shape index (κ2) is 3.88. The molecule has 2 aromatic heterocycles. The number of nitrogens with zero attached hydrogens (tertiary/aromatic N) is 2. The summed E-state index contributed by atoms with van der Waals surface area (Å²) in [5, 5.41) is 8.89. The van der Waals surface area contributed by atoms with Gasteiger partial charge in [0.2, 0.25) is 0 Å². The molecule has 0 amide bonds. The van der Waals surface area contributed by atoms with Gasteiger partial charge >= 0.3 is 6.18 Å². The maximum Gasteiger partial charge on any atom is 0.414 e. The lowest BCUT2D eigenvalue weighted by Crippen LogP contribution is -2.30. The molecule has 0 spiro atoms. The van der Waals surface area contributed by atoms with Crippen molar-refractivity contribution in [3.05, 3.63) is 18.0 Å². The van der Waals surface area contributed by atoms with Gasteiger partial charge in [-0.2, -0.15) is 13.2 Å². The molecule has 92 valence electrons. The van der Waals surface area contributed by atoms with Gasteiger partial charge in [0.25, 0.3) is 0 Å². The summed E-state index contributed by atoms with van der Waals surface area (Å²) < 4.78 is 36.4. The Morgan fingerprint density at radius 3 is 2.71 bits per heavy atom. The summed E-state index contributed by atoms with van der Waals surface area (Å²) >= 11 is 0. The Kier molecular flexibility index (Phi) is 2.66. The summed E-state index contributed by atoms with van der Waals surface area (Å²) in [6, 6.07) is 3.07. The molecule has 0 aliphatic rings. The third-order valence-corrected chi connectivity index (χ3v) is 2.18. The van der Waals surface area contributed by atoms with Crippen LogP contribution in [-0.4, -0.2) is 32.3 Å². The highest BCUT2D eigenvalue weighted by atomic mass is 19.4. The number of pyridine rings is 1. The molecule has 0 aliphatic heterocycles. The molecule has 17 heavy (non-hydrogen) atoms. The lowest BCUT2D eigenvalue weighted by molar-refractivity contribution is -0.203. The Labute approximate surface area is 93.5 Å². The Hall–Kier alpha value is -1.83. The first kappa shape index (κ1) is 11.6. The van der Waals surface area contributed by atoms with E-state index in [0.717, 1.165) is 0 Å². The number of aliphatic hydroxyl groups is 1. The number of aromatic amines is 1. The number of aromatic nitrogens is 3. The molecule has 1 unspecified atom stereocenters. The average molecular weight is 246 g/mol. The molecule has 2 rings (SSSR count). The highest BCUT2D eigenvalue weighted by Gasteiger charge is 2.38. The van der Waals surface area contributed by atoms with E-state index in [1.165, 1.54) is 6.07 Å². The Morgan fingerprint density at radius 2 is 2.06 bits per heavy atom. The van der Waals surface area contributed by atoms with Gasteiger partial charge in [0.05, 0.1) is 5.52 Å². The molecule has 0 saturated heterocycles. The van der Waals surface area contributed by atoms with Crippen LogP contribution in [0.25, 0.3) is 11.2 Å². The molecular weight excluding hydrogens is 237 g/mol. The zero-order valence-electron chi connectivity index (χ0n) is 8.49. The number of hydrogen-bond donors (Lipinski definition) is 3. The summed E-state index contributed by atoms with van der Waals surface area (Å²) in [4.78, 5) is 10.3. The fraction of sp³-hybridized carbons (Fsp3) is 0.333. The van der Waals surface area contributed by atoms with E-state index in [0.29, 0.717) is 5.52 Å². The fourth-order valence-corrected chi connectivity index (χ4v) is 1.35. The minimum absolute atomic E-state index is 0.0166. The highest BCUT2D eigenvalue weighted by molar-refractivity contribution is 5.72. The van der Waals surface area contributed by atoms with Crippen molar-refractivity contribution < 1.29 is 18.3 Å². The second-order valence-corrected chi connectivity index (χ2v) is 3.55. The van der Waals surface area contributed by atoms with Crippen molar-refractivity contribution in [1.29, 1.82) is 0 Å². The van der Waals surface area contributed by atoms with Crippen molar-refractivity contribution in [1.82, 2.24) is 15.0 Å². The zero-order chi connectivity index (χ0) is 12.6. The van der Waals surface area contributed by atoms with E-state index in [2.05, 4.69) is 15.0 Å². The molecule has 0 aliphatic carbocycles. The summed E-state index contributed by atoms with van der Waals surface area (Å²) in [5.41, 5.74) is 6.12. The molecule has 4 N–H and O–H groups in total. The molecule has 2 aromatic rings. The maximum absolute atomic E-state index is 12.1. The third kappa shape index (κ3) is 2.47. The number of hydrogen-bond acceptors (Lipinski definition) is 4. The van der Waals surface area contributed by atoms with Crippen molar-refractivity contribution in [2.75, 3.05) is 5.73 Å². The number of nitrogens with two attached hydrogens (primary N) is 1. The fourth-order valence-electron chi connectivity index (χ4n) is 1.35. The van der Waals surface area contributed by atoms with Gasteiger partial charge in [0.15, 0.2) is 11.8 Å². The molecule has 0 bridgehead atoms. The molecule has 0 aromatic carbocycles. The van der Waals surface area contributed by atoms with Crippen molar-refractivity contribution >= 4 is 17.0 Å². The van der Waals surface area contributed by atoms with Crippen LogP contribution in [0.2, 0.25) is 0 Å². The lowest BCUT2D eigenvalue weighted by Gasteiger charge is -2.12. The first-order valence-corrected chi connectivity index (χ1v) is 4.72. The number of nitrogens with one attached hydrogen (secondary N) is 1. The number of alkyl halides is 3. The van der Waals surface area contributed by atoms with E-state index >= 15 is 0 Å². The number of fused-ring (bicyclic) bond motifs is 1. The molecule has 8 heteroatoms. The summed E-state index contributed by atoms with van der Waals surface area (Å²) in [6.07, 6.45) is -7.74. The number of imidazole rings is 1. The molecule has 0 radical (unpaired) electrons. The summed E-state index contributed by atoms with van der Waals surface area (Å²) in [7, 11) is 0. The first-order chi connectivity index (χ1) is 7.86. The van der Waals surface area contributed by atoms with E-state index in [-0.39, 0.29) is 17.3 Å². The van der Waals surface area contributed by atoms with Crippen LogP contribution in [0.5, 0.6) is 0 Å². The molecule has 0 saturated carbocycles. The van der Waals surface area contributed by atoms with Gasteiger partial charge in [-0.3, -0.25) is 0 Å². The van der Waals surface area contributed by atoms with Crippen LogP contribution in [0.3, 0.4) is 0 Å². The van der Waals surface area contributed by atoms with E-state index in [4.69, 9.17) is 10.8 Å². The summed E-state index contributed by atoms with van der Waals surface area (Å²) in [5.74, 6) is 0.245. The van der Waals surface area contributed by atoms with Gasteiger partial charge in [0, 0.05) is 6.42 Å². The van der Waals surface area contributed by atoms with Gasteiger partial charge in [-0.05, 0) is 12.1 Å². The van der Waals surface area contributed by atoms with Gasteiger partial charge in [-0.1, -0.05) is 0 Å². The smallest absolute Gasteiger partial charge is 0.384 e. The average Bonchev–Trinajstić information content (AvgIpc) is 2.57.